The summed E-state index contributed by atoms with van der Waals surface area (Å²) in [5.74, 6) is 0.606. The van der Waals surface area contributed by atoms with Crippen molar-refractivity contribution in [1.82, 2.24) is 14.5 Å². The largest absolute Gasteiger partial charge is 0.336 e. The second kappa shape index (κ2) is 6.11. The first-order valence-electron chi connectivity index (χ1n) is 8.52. The van der Waals surface area contributed by atoms with Crippen LogP contribution < -0.4 is 0 Å². The lowest BCUT2D eigenvalue weighted by Gasteiger charge is -2.16. The highest BCUT2D eigenvalue weighted by molar-refractivity contribution is 5.95. The zero-order chi connectivity index (χ0) is 16.5. The molecule has 2 heterocycles. The third-order valence-electron chi connectivity index (χ3n) is 4.70. The first-order chi connectivity index (χ1) is 11.7. The Morgan fingerprint density at radius 3 is 2.50 bits per heavy atom. The van der Waals surface area contributed by atoms with Crippen molar-refractivity contribution >= 4 is 16.9 Å². The number of rotatable bonds is 3. The lowest BCUT2D eigenvalue weighted by atomic mass is 10.1. The minimum Gasteiger partial charge on any atom is -0.336 e. The van der Waals surface area contributed by atoms with E-state index in [0.717, 1.165) is 37.0 Å². The number of aromatic nitrogens is 2. The van der Waals surface area contributed by atoms with Crippen molar-refractivity contribution in [3.63, 3.8) is 0 Å². The molecule has 4 heteroatoms. The average Bonchev–Trinajstić information content (AvgIpc) is 3.25. The number of para-hydroxylation sites is 2. The highest BCUT2D eigenvalue weighted by atomic mass is 16.2. The third kappa shape index (κ3) is 2.68. The molecule has 0 saturated carbocycles. The van der Waals surface area contributed by atoms with Gasteiger partial charge in [0.05, 0.1) is 11.0 Å². The number of benzene rings is 2. The fraction of sp³-hybridized carbons (Fsp3) is 0.300. The maximum absolute atomic E-state index is 12.9. The third-order valence-corrected chi connectivity index (χ3v) is 4.70. The van der Waals surface area contributed by atoms with Gasteiger partial charge < -0.3 is 9.47 Å². The molecule has 1 fully saturated rings. The van der Waals surface area contributed by atoms with Crippen LogP contribution in [-0.4, -0.2) is 33.4 Å². The molecule has 0 radical (unpaired) electrons. The minimum absolute atomic E-state index is 0.0517. The molecule has 0 aliphatic carbocycles. The zero-order valence-electron chi connectivity index (χ0n) is 13.9. The van der Waals surface area contributed by atoms with E-state index in [2.05, 4.69) is 40.7 Å². The van der Waals surface area contributed by atoms with Gasteiger partial charge in [-0.1, -0.05) is 42.0 Å². The van der Waals surface area contributed by atoms with E-state index in [1.807, 2.05) is 29.2 Å². The fourth-order valence-corrected chi connectivity index (χ4v) is 3.34. The number of hydrogen-bond acceptors (Lipinski definition) is 2. The highest BCUT2D eigenvalue weighted by Crippen LogP contribution is 2.21. The molecule has 1 saturated heterocycles. The van der Waals surface area contributed by atoms with Crippen LogP contribution in [0.3, 0.4) is 0 Å². The number of carbonyl (C=O) groups is 1. The van der Waals surface area contributed by atoms with Gasteiger partial charge in [-0.05, 0) is 37.5 Å². The van der Waals surface area contributed by atoms with Crippen molar-refractivity contribution in [3.05, 3.63) is 65.5 Å². The molecule has 1 aromatic heterocycles. The first-order valence-corrected chi connectivity index (χ1v) is 8.52. The van der Waals surface area contributed by atoms with E-state index >= 15 is 0 Å². The molecule has 3 aromatic rings. The summed E-state index contributed by atoms with van der Waals surface area (Å²) in [6.45, 7) is 4.42. The summed E-state index contributed by atoms with van der Waals surface area (Å²) >= 11 is 0. The standard InChI is InChI=1S/C20H21N3O/c1-15-8-10-16(11-9-15)14-23-18-7-3-2-6-17(18)21-19(23)20(24)22-12-4-5-13-22/h2-3,6-11H,4-5,12-14H2,1H3. The number of aryl methyl sites for hydroxylation is 1. The average molecular weight is 319 g/mol. The smallest absolute Gasteiger partial charge is 0.289 e. The van der Waals surface area contributed by atoms with Gasteiger partial charge in [0.15, 0.2) is 0 Å². The fourth-order valence-electron chi connectivity index (χ4n) is 3.34. The molecule has 1 amide bonds. The lowest BCUT2D eigenvalue weighted by molar-refractivity contribution is 0.0777. The summed E-state index contributed by atoms with van der Waals surface area (Å²) in [5.41, 5.74) is 4.31. The predicted molar refractivity (Wildman–Crippen MR) is 95.2 cm³/mol. The molecular weight excluding hydrogens is 298 g/mol. The summed E-state index contributed by atoms with van der Waals surface area (Å²) in [6.07, 6.45) is 2.17. The second-order valence-corrected chi connectivity index (χ2v) is 6.50. The Balaban J connectivity index is 1.77. The van der Waals surface area contributed by atoms with Crippen LogP contribution in [0.1, 0.15) is 34.6 Å². The lowest BCUT2D eigenvalue weighted by Crippen LogP contribution is -2.30. The van der Waals surface area contributed by atoms with Crippen molar-refractivity contribution in [2.45, 2.75) is 26.3 Å². The quantitative estimate of drug-likeness (QED) is 0.739. The Hall–Kier alpha value is -2.62. The first kappa shape index (κ1) is 14.9. The molecule has 0 bridgehead atoms. The molecule has 0 N–H and O–H groups in total. The maximum atomic E-state index is 12.9. The number of nitrogens with zero attached hydrogens (tertiary/aromatic N) is 3. The van der Waals surface area contributed by atoms with Crippen LogP contribution in [0.2, 0.25) is 0 Å². The molecule has 4 rings (SSSR count). The van der Waals surface area contributed by atoms with Gasteiger partial charge in [-0.15, -0.1) is 0 Å². The Morgan fingerprint density at radius 1 is 1.04 bits per heavy atom. The van der Waals surface area contributed by atoms with E-state index in [4.69, 9.17) is 0 Å². The molecule has 2 aromatic carbocycles. The molecule has 0 spiro atoms. The van der Waals surface area contributed by atoms with Crippen molar-refractivity contribution < 1.29 is 4.79 Å². The van der Waals surface area contributed by atoms with Crippen LogP contribution in [0.25, 0.3) is 11.0 Å². The van der Waals surface area contributed by atoms with Crippen molar-refractivity contribution in [2.24, 2.45) is 0 Å². The van der Waals surface area contributed by atoms with E-state index in [9.17, 15) is 4.79 Å². The van der Waals surface area contributed by atoms with Crippen LogP contribution >= 0.6 is 0 Å². The van der Waals surface area contributed by atoms with Gasteiger partial charge in [-0.2, -0.15) is 0 Å². The minimum atomic E-state index is 0.0517. The molecule has 24 heavy (non-hydrogen) atoms. The normalized spacial score (nSPS) is 14.5. The van der Waals surface area contributed by atoms with Gasteiger partial charge in [0.1, 0.15) is 0 Å². The van der Waals surface area contributed by atoms with E-state index in [1.54, 1.807) is 0 Å². The van der Waals surface area contributed by atoms with E-state index < -0.39 is 0 Å². The van der Waals surface area contributed by atoms with Crippen molar-refractivity contribution in [1.29, 1.82) is 0 Å². The van der Waals surface area contributed by atoms with Crippen LogP contribution in [0.15, 0.2) is 48.5 Å². The van der Waals surface area contributed by atoms with Crippen molar-refractivity contribution in [3.8, 4) is 0 Å². The number of fused-ring (bicyclic) bond motifs is 1. The van der Waals surface area contributed by atoms with Gasteiger partial charge in [0.25, 0.3) is 5.91 Å². The Labute approximate surface area is 141 Å². The number of hydrogen-bond donors (Lipinski definition) is 0. The molecule has 122 valence electrons. The Bertz CT molecular complexity index is 874. The van der Waals surface area contributed by atoms with Crippen LogP contribution in [0.5, 0.6) is 0 Å². The van der Waals surface area contributed by atoms with Crippen LogP contribution in [0.4, 0.5) is 0 Å². The van der Waals surface area contributed by atoms with Crippen LogP contribution in [0, 0.1) is 6.92 Å². The van der Waals surface area contributed by atoms with E-state index in [-0.39, 0.29) is 5.91 Å². The molecule has 4 nitrogen and oxygen atoms in total. The maximum Gasteiger partial charge on any atom is 0.289 e. The summed E-state index contributed by atoms with van der Waals surface area (Å²) in [7, 11) is 0. The number of carbonyl (C=O) groups excluding carboxylic acids is 1. The highest BCUT2D eigenvalue weighted by Gasteiger charge is 2.25. The molecule has 1 aliphatic rings. The monoisotopic (exact) mass is 319 g/mol. The molecular formula is C20H21N3O. The summed E-state index contributed by atoms with van der Waals surface area (Å²) in [6, 6.07) is 16.4. The topological polar surface area (TPSA) is 38.1 Å². The van der Waals surface area contributed by atoms with Gasteiger partial charge in [0, 0.05) is 19.6 Å². The number of amides is 1. The Morgan fingerprint density at radius 2 is 1.75 bits per heavy atom. The van der Waals surface area contributed by atoms with Crippen LogP contribution in [-0.2, 0) is 6.54 Å². The molecule has 0 atom stereocenters. The second-order valence-electron chi connectivity index (χ2n) is 6.50. The van der Waals surface area contributed by atoms with Gasteiger partial charge in [-0.3, -0.25) is 4.79 Å². The predicted octanol–water partition coefficient (Wildman–Crippen LogP) is 3.63. The number of imidazole rings is 1. The van der Waals surface area contributed by atoms with Gasteiger partial charge in [0.2, 0.25) is 5.82 Å². The molecule has 1 aliphatic heterocycles. The summed E-state index contributed by atoms with van der Waals surface area (Å²) in [5, 5.41) is 0. The molecule has 0 unspecified atom stereocenters. The van der Waals surface area contributed by atoms with E-state index in [0.29, 0.717) is 12.4 Å². The van der Waals surface area contributed by atoms with Gasteiger partial charge >= 0.3 is 0 Å². The Kier molecular flexibility index (Phi) is 3.81. The number of likely N-dealkylation sites (tertiary alicyclic amines) is 1. The summed E-state index contributed by atoms with van der Waals surface area (Å²) < 4.78 is 2.06. The SMILES string of the molecule is Cc1ccc(Cn2c(C(=O)N3CCCC3)nc3ccccc32)cc1. The van der Waals surface area contributed by atoms with E-state index in [1.165, 1.54) is 11.1 Å². The van der Waals surface area contributed by atoms with Crippen molar-refractivity contribution in [2.75, 3.05) is 13.1 Å². The van der Waals surface area contributed by atoms with Gasteiger partial charge in [-0.25, -0.2) is 4.98 Å². The summed E-state index contributed by atoms with van der Waals surface area (Å²) in [4.78, 5) is 19.5. The zero-order valence-corrected chi connectivity index (χ0v) is 13.9.